The molecule has 2 heterocycles. The van der Waals surface area contributed by atoms with Crippen molar-refractivity contribution in [3.05, 3.63) is 22.4 Å². The third-order valence-electron chi connectivity index (χ3n) is 4.15. The summed E-state index contributed by atoms with van der Waals surface area (Å²) in [7, 11) is 0. The molecule has 2 aromatic rings. The highest BCUT2D eigenvalue weighted by Crippen LogP contribution is 2.32. The average molecular weight is 372 g/mol. The van der Waals surface area contributed by atoms with Gasteiger partial charge in [-0.2, -0.15) is 0 Å². The van der Waals surface area contributed by atoms with Gasteiger partial charge in [0.15, 0.2) is 0 Å². The maximum absolute atomic E-state index is 12.2. The SMILES string of the molecule is O=C(NCC1CCCCC1CBr)c1cc2sccc2s1. The Labute approximate surface area is 135 Å². The number of thiophene rings is 2. The van der Waals surface area contributed by atoms with Gasteiger partial charge in [0, 0.05) is 21.3 Å². The maximum atomic E-state index is 12.2. The smallest absolute Gasteiger partial charge is 0.261 e. The highest BCUT2D eigenvalue weighted by Gasteiger charge is 2.24. The van der Waals surface area contributed by atoms with Gasteiger partial charge in [0.05, 0.1) is 4.88 Å². The van der Waals surface area contributed by atoms with E-state index in [-0.39, 0.29) is 5.91 Å². The van der Waals surface area contributed by atoms with Gasteiger partial charge in [-0.25, -0.2) is 0 Å². The third-order valence-corrected chi connectivity index (χ3v) is 7.08. The molecule has 0 radical (unpaired) electrons. The summed E-state index contributed by atoms with van der Waals surface area (Å²) in [4.78, 5) is 13.1. The molecule has 1 aliphatic carbocycles. The minimum atomic E-state index is 0.0947. The number of nitrogens with one attached hydrogen (secondary N) is 1. The summed E-state index contributed by atoms with van der Waals surface area (Å²) in [6.45, 7) is 0.820. The van der Waals surface area contributed by atoms with Crippen LogP contribution in [0, 0.1) is 11.8 Å². The Hall–Kier alpha value is -0.390. The van der Waals surface area contributed by atoms with Crippen molar-refractivity contribution in [1.29, 1.82) is 0 Å². The quantitative estimate of drug-likeness (QED) is 0.761. The van der Waals surface area contributed by atoms with E-state index in [1.54, 1.807) is 22.7 Å². The molecule has 0 aromatic carbocycles. The van der Waals surface area contributed by atoms with E-state index in [0.29, 0.717) is 5.92 Å². The number of rotatable bonds is 4. The van der Waals surface area contributed by atoms with Crippen molar-refractivity contribution >= 4 is 53.9 Å². The van der Waals surface area contributed by atoms with Crippen molar-refractivity contribution in [2.75, 3.05) is 11.9 Å². The lowest BCUT2D eigenvalue weighted by Crippen LogP contribution is -2.34. The zero-order chi connectivity index (χ0) is 13.9. The monoisotopic (exact) mass is 371 g/mol. The van der Waals surface area contributed by atoms with Gasteiger partial charge in [-0.05, 0) is 42.2 Å². The molecular formula is C15H18BrNOS2. The van der Waals surface area contributed by atoms with E-state index in [1.807, 2.05) is 6.07 Å². The minimum absolute atomic E-state index is 0.0947. The number of hydrogen-bond donors (Lipinski definition) is 1. The Balaban J connectivity index is 1.59. The fourth-order valence-corrected chi connectivity index (χ4v) is 5.82. The zero-order valence-corrected chi connectivity index (χ0v) is 14.5. The molecule has 2 aromatic heterocycles. The summed E-state index contributed by atoms with van der Waals surface area (Å²) in [6.07, 6.45) is 5.18. The topological polar surface area (TPSA) is 29.1 Å². The van der Waals surface area contributed by atoms with Crippen LogP contribution in [0.15, 0.2) is 17.5 Å². The van der Waals surface area contributed by atoms with E-state index in [4.69, 9.17) is 0 Å². The molecule has 0 spiro atoms. The largest absolute Gasteiger partial charge is 0.351 e. The summed E-state index contributed by atoms with van der Waals surface area (Å²) in [5, 5.41) is 6.27. The number of carbonyl (C=O) groups excluding carboxylic acids is 1. The van der Waals surface area contributed by atoms with Gasteiger partial charge in [-0.15, -0.1) is 22.7 Å². The molecule has 1 fully saturated rings. The molecule has 5 heteroatoms. The summed E-state index contributed by atoms with van der Waals surface area (Å²) in [5.41, 5.74) is 0. The molecule has 1 N–H and O–H groups in total. The molecule has 0 bridgehead atoms. The van der Waals surface area contributed by atoms with Crippen LogP contribution < -0.4 is 5.32 Å². The van der Waals surface area contributed by atoms with Crippen molar-refractivity contribution in [3.8, 4) is 0 Å². The molecule has 1 aliphatic rings. The fourth-order valence-electron chi connectivity index (χ4n) is 2.94. The first-order chi connectivity index (χ1) is 9.78. The Kier molecular flexibility index (Phi) is 4.79. The van der Waals surface area contributed by atoms with Crippen molar-refractivity contribution in [2.24, 2.45) is 11.8 Å². The highest BCUT2D eigenvalue weighted by atomic mass is 79.9. The molecule has 0 saturated heterocycles. The molecule has 2 atom stereocenters. The molecule has 0 aliphatic heterocycles. The van der Waals surface area contributed by atoms with Gasteiger partial charge in [-0.3, -0.25) is 4.79 Å². The lowest BCUT2D eigenvalue weighted by atomic mass is 9.80. The summed E-state index contributed by atoms with van der Waals surface area (Å²) in [5.74, 6) is 1.45. The molecule has 108 valence electrons. The first-order valence-electron chi connectivity index (χ1n) is 7.09. The molecule has 20 heavy (non-hydrogen) atoms. The van der Waals surface area contributed by atoms with E-state index in [0.717, 1.165) is 22.7 Å². The van der Waals surface area contributed by atoms with E-state index in [1.165, 1.54) is 35.1 Å². The first-order valence-corrected chi connectivity index (χ1v) is 9.91. The van der Waals surface area contributed by atoms with Gasteiger partial charge >= 0.3 is 0 Å². The van der Waals surface area contributed by atoms with E-state index in [9.17, 15) is 4.79 Å². The van der Waals surface area contributed by atoms with Crippen molar-refractivity contribution in [1.82, 2.24) is 5.32 Å². The van der Waals surface area contributed by atoms with Crippen molar-refractivity contribution in [2.45, 2.75) is 25.7 Å². The van der Waals surface area contributed by atoms with Gasteiger partial charge in [-0.1, -0.05) is 28.8 Å². The second-order valence-electron chi connectivity index (χ2n) is 5.43. The first kappa shape index (κ1) is 14.5. The van der Waals surface area contributed by atoms with E-state index < -0.39 is 0 Å². The number of carbonyl (C=O) groups is 1. The van der Waals surface area contributed by atoms with Crippen molar-refractivity contribution < 1.29 is 4.79 Å². The van der Waals surface area contributed by atoms with Crippen LogP contribution in [-0.2, 0) is 0 Å². The number of hydrogen-bond acceptors (Lipinski definition) is 3. The van der Waals surface area contributed by atoms with Crippen LogP contribution in [0.4, 0.5) is 0 Å². The van der Waals surface area contributed by atoms with E-state index >= 15 is 0 Å². The van der Waals surface area contributed by atoms with Crippen LogP contribution in [0.1, 0.15) is 35.4 Å². The van der Waals surface area contributed by atoms with Crippen LogP contribution in [0.5, 0.6) is 0 Å². The number of amides is 1. The van der Waals surface area contributed by atoms with E-state index in [2.05, 4.69) is 32.7 Å². The van der Waals surface area contributed by atoms with Crippen LogP contribution in [0.3, 0.4) is 0 Å². The number of fused-ring (bicyclic) bond motifs is 1. The Morgan fingerprint density at radius 1 is 1.30 bits per heavy atom. The van der Waals surface area contributed by atoms with Gasteiger partial charge < -0.3 is 5.32 Å². The molecular weight excluding hydrogens is 354 g/mol. The average Bonchev–Trinajstić information content (AvgIpc) is 3.06. The number of halogens is 1. The second-order valence-corrected chi connectivity index (χ2v) is 8.11. The Morgan fingerprint density at radius 2 is 2.10 bits per heavy atom. The third kappa shape index (κ3) is 3.10. The van der Waals surface area contributed by atoms with Crippen LogP contribution in [0.25, 0.3) is 9.40 Å². The number of alkyl halides is 1. The standard InChI is InChI=1S/C15H18BrNOS2/c16-8-10-3-1-2-4-11(10)9-17-15(18)14-7-13-12(20-14)5-6-19-13/h5-7,10-11H,1-4,8-9H2,(H,17,18). The van der Waals surface area contributed by atoms with Crippen LogP contribution >= 0.6 is 38.6 Å². The summed E-state index contributed by atoms with van der Waals surface area (Å²) < 4.78 is 2.44. The Bertz CT molecular complexity index is 563. The molecule has 1 saturated carbocycles. The van der Waals surface area contributed by atoms with Crippen LogP contribution in [-0.4, -0.2) is 17.8 Å². The lowest BCUT2D eigenvalue weighted by molar-refractivity contribution is 0.0941. The maximum Gasteiger partial charge on any atom is 0.261 e. The molecule has 1 amide bonds. The second kappa shape index (κ2) is 6.58. The zero-order valence-electron chi connectivity index (χ0n) is 11.2. The minimum Gasteiger partial charge on any atom is -0.351 e. The summed E-state index contributed by atoms with van der Waals surface area (Å²) >= 11 is 6.91. The lowest BCUT2D eigenvalue weighted by Gasteiger charge is -2.30. The predicted molar refractivity (Wildman–Crippen MR) is 91.3 cm³/mol. The molecule has 2 unspecified atom stereocenters. The van der Waals surface area contributed by atoms with Gasteiger partial charge in [0.2, 0.25) is 0 Å². The fraction of sp³-hybridized carbons (Fsp3) is 0.533. The predicted octanol–water partition coefficient (Wildman–Crippen LogP) is 4.89. The van der Waals surface area contributed by atoms with Gasteiger partial charge in [0.25, 0.3) is 5.91 Å². The Morgan fingerprint density at radius 3 is 2.85 bits per heavy atom. The molecule has 3 rings (SSSR count). The highest BCUT2D eigenvalue weighted by molar-refractivity contribution is 9.09. The molecule has 2 nitrogen and oxygen atoms in total. The summed E-state index contributed by atoms with van der Waals surface area (Å²) in [6, 6.07) is 4.10. The van der Waals surface area contributed by atoms with Gasteiger partial charge in [0.1, 0.15) is 0 Å². The van der Waals surface area contributed by atoms with Crippen LogP contribution in [0.2, 0.25) is 0 Å². The van der Waals surface area contributed by atoms with Crippen molar-refractivity contribution in [3.63, 3.8) is 0 Å². The normalized spacial score (nSPS) is 23.1.